The van der Waals surface area contributed by atoms with Gasteiger partial charge in [0.2, 0.25) is 0 Å². The molecule has 0 aliphatic heterocycles. The van der Waals surface area contributed by atoms with E-state index in [4.69, 9.17) is 4.74 Å². The molecule has 1 rings (SSSR count). The van der Waals surface area contributed by atoms with Gasteiger partial charge in [-0.3, -0.25) is 14.9 Å². The van der Waals surface area contributed by atoms with Gasteiger partial charge < -0.3 is 9.64 Å². The van der Waals surface area contributed by atoms with Crippen LogP contribution in [0.25, 0.3) is 0 Å². The zero-order valence-electron chi connectivity index (χ0n) is 10.8. The van der Waals surface area contributed by atoms with E-state index in [1.54, 1.807) is 13.8 Å². The number of esters is 1. The second-order valence-electron chi connectivity index (χ2n) is 3.71. The third-order valence-electron chi connectivity index (χ3n) is 2.48. The minimum Gasteiger partial charge on any atom is -0.465 e. The first-order chi connectivity index (χ1) is 8.99. The quantitative estimate of drug-likeness (QED) is 0.450. The van der Waals surface area contributed by atoms with E-state index >= 15 is 0 Å². The number of carbonyl (C=O) groups is 1. The number of halogens is 1. The second-order valence-corrected chi connectivity index (χ2v) is 3.71. The van der Waals surface area contributed by atoms with Gasteiger partial charge in [0.15, 0.2) is 0 Å². The highest BCUT2D eigenvalue weighted by Crippen LogP contribution is 2.28. The molecule has 0 amide bonds. The molecular weight excluding hydrogens is 255 g/mol. The molecule has 1 aromatic carbocycles. The van der Waals surface area contributed by atoms with Gasteiger partial charge in [-0.05, 0) is 26.0 Å². The normalized spacial score (nSPS) is 10.1. The molecular formula is C12H15FN2O4. The monoisotopic (exact) mass is 270 g/mol. The van der Waals surface area contributed by atoms with Gasteiger partial charge in [-0.2, -0.15) is 0 Å². The summed E-state index contributed by atoms with van der Waals surface area (Å²) in [5, 5.41) is 10.9. The Balaban J connectivity index is 3.04. The van der Waals surface area contributed by atoms with Crippen molar-refractivity contribution >= 4 is 17.3 Å². The molecule has 1 aromatic rings. The van der Waals surface area contributed by atoms with Gasteiger partial charge in [-0.1, -0.05) is 0 Å². The molecule has 0 heterocycles. The topological polar surface area (TPSA) is 72.7 Å². The van der Waals surface area contributed by atoms with Crippen LogP contribution < -0.4 is 4.90 Å². The maximum Gasteiger partial charge on any atom is 0.325 e. The van der Waals surface area contributed by atoms with Crippen molar-refractivity contribution in [1.29, 1.82) is 0 Å². The zero-order chi connectivity index (χ0) is 14.4. The van der Waals surface area contributed by atoms with Crippen LogP contribution >= 0.6 is 0 Å². The van der Waals surface area contributed by atoms with Gasteiger partial charge in [0.1, 0.15) is 18.0 Å². The zero-order valence-corrected chi connectivity index (χ0v) is 10.8. The summed E-state index contributed by atoms with van der Waals surface area (Å²) in [5.41, 5.74) is -0.173. The number of rotatable bonds is 6. The summed E-state index contributed by atoms with van der Waals surface area (Å²) in [5.74, 6) is -1.18. The first-order valence-electron chi connectivity index (χ1n) is 5.84. The van der Waals surface area contributed by atoms with E-state index in [0.717, 1.165) is 12.1 Å². The summed E-state index contributed by atoms with van der Waals surface area (Å²) in [7, 11) is 0. The van der Waals surface area contributed by atoms with Crippen molar-refractivity contribution in [3.05, 3.63) is 34.1 Å². The number of hydrogen-bond acceptors (Lipinski definition) is 5. The molecule has 0 saturated heterocycles. The van der Waals surface area contributed by atoms with Gasteiger partial charge in [-0.15, -0.1) is 0 Å². The van der Waals surface area contributed by atoms with Crippen molar-refractivity contribution in [1.82, 2.24) is 0 Å². The minimum absolute atomic E-state index is 0.114. The summed E-state index contributed by atoms with van der Waals surface area (Å²) in [6, 6.07) is 3.25. The van der Waals surface area contributed by atoms with Crippen molar-refractivity contribution in [2.24, 2.45) is 0 Å². The predicted molar refractivity (Wildman–Crippen MR) is 67.6 cm³/mol. The molecule has 0 aliphatic rings. The van der Waals surface area contributed by atoms with E-state index in [0.29, 0.717) is 6.54 Å². The molecule has 0 fully saturated rings. The fourth-order valence-corrected chi connectivity index (χ4v) is 1.64. The molecule has 104 valence electrons. The second kappa shape index (κ2) is 6.67. The molecule has 6 nitrogen and oxygen atoms in total. The lowest BCUT2D eigenvalue weighted by atomic mass is 10.2. The summed E-state index contributed by atoms with van der Waals surface area (Å²) < 4.78 is 17.8. The van der Waals surface area contributed by atoms with Crippen LogP contribution in [-0.2, 0) is 9.53 Å². The molecule has 0 N–H and O–H groups in total. The maximum absolute atomic E-state index is 13.0. The van der Waals surface area contributed by atoms with Crippen LogP contribution in [-0.4, -0.2) is 30.6 Å². The van der Waals surface area contributed by atoms with Crippen LogP contribution in [0.2, 0.25) is 0 Å². The van der Waals surface area contributed by atoms with Gasteiger partial charge in [-0.25, -0.2) is 4.39 Å². The largest absolute Gasteiger partial charge is 0.465 e. The summed E-state index contributed by atoms with van der Waals surface area (Å²) in [6.45, 7) is 3.91. The van der Waals surface area contributed by atoms with Crippen LogP contribution in [0.1, 0.15) is 13.8 Å². The maximum atomic E-state index is 13.0. The lowest BCUT2D eigenvalue weighted by molar-refractivity contribution is -0.384. The van der Waals surface area contributed by atoms with Crippen LogP contribution in [0.4, 0.5) is 15.8 Å². The number of nitro groups is 1. The average molecular weight is 270 g/mol. The van der Waals surface area contributed by atoms with Crippen molar-refractivity contribution < 1.29 is 18.8 Å². The Hall–Kier alpha value is -2.18. The fourth-order valence-electron chi connectivity index (χ4n) is 1.64. The molecule has 0 bridgehead atoms. The number of benzene rings is 1. The number of anilines is 1. The smallest absolute Gasteiger partial charge is 0.325 e. The van der Waals surface area contributed by atoms with Crippen LogP contribution in [0.5, 0.6) is 0 Å². The van der Waals surface area contributed by atoms with E-state index in [-0.39, 0.29) is 24.5 Å². The predicted octanol–water partition coefficient (Wildman–Crippen LogP) is 2.12. The highest BCUT2D eigenvalue weighted by molar-refractivity contribution is 5.77. The van der Waals surface area contributed by atoms with Gasteiger partial charge >= 0.3 is 5.97 Å². The number of ether oxygens (including phenoxy) is 1. The molecule has 0 radical (unpaired) electrons. The SMILES string of the molecule is CCOC(=O)CN(CC)c1ccc(F)cc1[N+](=O)[O-]. The molecule has 0 saturated carbocycles. The molecule has 0 spiro atoms. The van der Waals surface area contributed by atoms with E-state index in [1.165, 1.54) is 11.0 Å². The number of hydrogen-bond donors (Lipinski definition) is 0. The number of likely N-dealkylation sites (N-methyl/N-ethyl adjacent to an activating group) is 1. The standard InChI is InChI=1S/C12H15FN2O4/c1-3-14(8-12(16)19-4-2)10-6-5-9(13)7-11(10)15(17)18/h5-7H,3-4,8H2,1-2H3. The third-order valence-corrected chi connectivity index (χ3v) is 2.48. The van der Waals surface area contributed by atoms with E-state index in [9.17, 15) is 19.3 Å². The molecule has 0 atom stereocenters. The van der Waals surface area contributed by atoms with Crippen molar-refractivity contribution in [3.8, 4) is 0 Å². The number of carbonyl (C=O) groups excluding carboxylic acids is 1. The minimum atomic E-state index is -0.692. The molecule has 19 heavy (non-hydrogen) atoms. The average Bonchev–Trinajstić information content (AvgIpc) is 2.36. The molecule has 0 aliphatic carbocycles. The van der Waals surface area contributed by atoms with E-state index in [2.05, 4.69) is 0 Å². The number of nitro benzene ring substituents is 1. The first-order valence-corrected chi connectivity index (χ1v) is 5.84. The van der Waals surface area contributed by atoms with Gasteiger partial charge in [0.05, 0.1) is 17.6 Å². The molecule has 0 aromatic heterocycles. The Morgan fingerprint density at radius 1 is 1.47 bits per heavy atom. The van der Waals surface area contributed by atoms with Crippen LogP contribution in [0, 0.1) is 15.9 Å². The Kier molecular flexibility index (Phi) is 5.23. The van der Waals surface area contributed by atoms with Gasteiger partial charge in [0.25, 0.3) is 5.69 Å². The van der Waals surface area contributed by atoms with Crippen LogP contribution in [0.3, 0.4) is 0 Å². The number of nitrogens with zero attached hydrogens (tertiary/aromatic N) is 2. The summed E-state index contributed by atoms with van der Waals surface area (Å²) >= 11 is 0. The van der Waals surface area contributed by atoms with Crippen LogP contribution in [0.15, 0.2) is 18.2 Å². The third kappa shape index (κ3) is 3.90. The van der Waals surface area contributed by atoms with Crippen molar-refractivity contribution in [2.75, 3.05) is 24.6 Å². The fraction of sp³-hybridized carbons (Fsp3) is 0.417. The Morgan fingerprint density at radius 2 is 2.16 bits per heavy atom. The Morgan fingerprint density at radius 3 is 2.68 bits per heavy atom. The Bertz CT molecular complexity index is 479. The van der Waals surface area contributed by atoms with Crippen molar-refractivity contribution in [2.45, 2.75) is 13.8 Å². The highest BCUT2D eigenvalue weighted by Gasteiger charge is 2.21. The summed E-state index contributed by atoms with van der Waals surface area (Å²) in [4.78, 5) is 23.1. The van der Waals surface area contributed by atoms with Gasteiger partial charge in [0, 0.05) is 6.54 Å². The van der Waals surface area contributed by atoms with Crippen molar-refractivity contribution in [3.63, 3.8) is 0 Å². The molecule has 0 unspecified atom stereocenters. The summed E-state index contributed by atoms with van der Waals surface area (Å²) in [6.07, 6.45) is 0. The van der Waals surface area contributed by atoms with E-state index in [1.807, 2.05) is 0 Å². The van der Waals surface area contributed by atoms with E-state index < -0.39 is 16.7 Å². The Labute approximate surface area is 109 Å². The lowest BCUT2D eigenvalue weighted by Crippen LogP contribution is -2.31. The first kappa shape index (κ1) is 14.9. The highest BCUT2D eigenvalue weighted by atomic mass is 19.1. The lowest BCUT2D eigenvalue weighted by Gasteiger charge is -2.21. The molecule has 7 heteroatoms.